The Balaban J connectivity index is 1.31. The molecule has 180 valence electrons. The molecule has 0 spiro atoms. The van der Waals surface area contributed by atoms with Gasteiger partial charge in [-0.3, -0.25) is 19.3 Å². The third kappa shape index (κ3) is 4.14. The average Bonchev–Trinajstić information content (AvgIpc) is 3.17. The zero-order chi connectivity index (χ0) is 25.2. The van der Waals surface area contributed by atoms with Gasteiger partial charge in [-0.05, 0) is 42.0 Å². The molecule has 0 radical (unpaired) electrons. The van der Waals surface area contributed by atoms with Gasteiger partial charge in [0, 0.05) is 32.4 Å². The van der Waals surface area contributed by atoms with Crippen molar-refractivity contribution in [3.8, 4) is 11.8 Å². The zero-order valence-corrected chi connectivity index (χ0v) is 19.7. The number of anilines is 1. The third-order valence-electron chi connectivity index (χ3n) is 6.48. The molecule has 3 amide bonds. The highest BCUT2D eigenvalue weighted by molar-refractivity contribution is 6.21. The number of hydrogen-bond acceptors (Lipinski definition) is 7. The van der Waals surface area contributed by atoms with Gasteiger partial charge < -0.3 is 14.5 Å². The van der Waals surface area contributed by atoms with Crippen molar-refractivity contribution in [1.82, 2.24) is 14.8 Å². The lowest BCUT2D eigenvalue weighted by molar-refractivity contribution is 0.0642. The van der Waals surface area contributed by atoms with E-state index in [1.807, 2.05) is 4.90 Å². The fourth-order valence-corrected chi connectivity index (χ4v) is 4.56. The van der Waals surface area contributed by atoms with Crippen molar-refractivity contribution >= 4 is 23.5 Å². The lowest BCUT2D eigenvalue weighted by atomic mass is 10.1. The molecule has 2 aliphatic heterocycles. The Hall–Kier alpha value is -4.71. The van der Waals surface area contributed by atoms with Crippen LogP contribution in [-0.2, 0) is 6.54 Å². The normalized spacial score (nSPS) is 15.1. The van der Waals surface area contributed by atoms with E-state index in [0.717, 1.165) is 0 Å². The van der Waals surface area contributed by atoms with E-state index in [4.69, 9.17) is 10.00 Å². The quantitative estimate of drug-likeness (QED) is 0.516. The molecule has 0 atom stereocenters. The largest absolute Gasteiger partial charge is 0.496 e. The van der Waals surface area contributed by atoms with Crippen LogP contribution in [0.1, 0.15) is 42.2 Å². The minimum Gasteiger partial charge on any atom is -0.496 e. The number of imide groups is 1. The Morgan fingerprint density at radius 2 is 1.69 bits per heavy atom. The predicted octanol–water partition coefficient (Wildman–Crippen LogP) is 2.72. The van der Waals surface area contributed by atoms with Crippen molar-refractivity contribution in [1.29, 1.82) is 5.26 Å². The van der Waals surface area contributed by atoms with Gasteiger partial charge in [-0.1, -0.05) is 18.2 Å². The van der Waals surface area contributed by atoms with Crippen molar-refractivity contribution < 1.29 is 19.1 Å². The monoisotopic (exact) mass is 481 g/mol. The first-order chi connectivity index (χ1) is 17.5. The molecule has 36 heavy (non-hydrogen) atoms. The Morgan fingerprint density at radius 1 is 1.00 bits per heavy atom. The Bertz CT molecular complexity index is 1370. The Morgan fingerprint density at radius 3 is 2.33 bits per heavy atom. The zero-order valence-electron chi connectivity index (χ0n) is 19.7. The number of hydrogen-bond donors (Lipinski definition) is 0. The minimum absolute atomic E-state index is 0.0608. The van der Waals surface area contributed by atoms with Crippen LogP contribution in [0.5, 0.6) is 5.75 Å². The van der Waals surface area contributed by atoms with E-state index < -0.39 is 0 Å². The lowest BCUT2D eigenvalue weighted by Crippen LogP contribution is -2.49. The summed E-state index contributed by atoms with van der Waals surface area (Å²) in [5.41, 5.74) is 2.35. The van der Waals surface area contributed by atoms with Crippen LogP contribution >= 0.6 is 0 Å². The molecule has 1 aromatic heterocycles. The summed E-state index contributed by atoms with van der Waals surface area (Å²) < 4.78 is 5.45. The van der Waals surface area contributed by atoms with Gasteiger partial charge in [-0.2, -0.15) is 5.26 Å². The van der Waals surface area contributed by atoms with Crippen LogP contribution in [-0.4, -0.2) is 65.8 Å². The fraction of sp³-hybridized carbons (Fsp3) is 0.222. The van der Waals surface area contributed by atoms with Gasteiger partial charge in [-0.15, -0.1) is 0 Å². The van der Waals surface area contributed by atoms with E-state index in [9.17, 15) is 14.4 Å². The molecule has 0 unspecified atom stereocenters. The maximum absolute atomic E-state index is 13.4. The van der Waals surface area contributed by atoms with Gasteiger partial charge in [0.25, 0.3) is 17.7 Å². The van der Waals surface area contributed by atoms with Gasteiger partial charge >= 0.3 is 0 Å². The highest BCUT2D eigenvalue weighted by atomic mass is 16.5. The molecule has 0 bridgehead atoms. The van der Waals surface area contributed by atoms with Gasteiger partial charge in [0.15, 0.2) is 0 Å². The van der Waals surface area contributed by atoms with E-state index in [0.29, 0.717) is 65.6 Å². The summed E-state index contributed by atoms with van der Waals surface area (Å²) in [4.78, 5) is 48.3. The first-order valence-electron chi connectivity index (χ1n) is 11.5. The van der Waals surface area contributed by atoms with E-state index in [1.165, 1.54) is 12.0 Å². The molecule has 2 aliphatic rings. The van der Waals surface area contributed by atoms with E-state index in [1.54, 1.807) is 65.7 Å². The number of nitriles is 1. The van der Waals surface area contributed by atoms with Crippen LogP contribution in [0.2, 0.25) is 0 Å². The van der Waals surface area contributed by atoms with E-state index in [2.05, 4.69) is 11.1 Å². The Kier molecular flexibility index (Phi) is 6.09. The maximum Gasteiger partial charge on any atom is 0.261 e. The number of fused-ring (bicyclic) bond motifs is 1. The van der Waals surface area contributed by atoms with Crippen LogP contribution in [0.3, 0.4) is 0 Å². The van der Waals surface area contributed by atoms with E-state index >= 15 is 0 Å². The van der Waals surface area contributed by atoms with E-state index in [-0.39, 0.29) is 24.3 Å². The Labute approximate surface area is 208 Å². The summed E-state index contributed by atoms with van der Waals surface area (Å²) in [7, 11) is 1.50. The van der Waals surface area contributed by atoms with Crippen LogP contribution in [0.4, 0.5) is 5.82 Å². The molecule has 3 heterocycles. The van der Waals surface area contributed by atoms with Gasteiger partial charge in [-0.25, -0.2) is 4.98 Å². The second-order valence-electron chi connectivity index (χ2n) is 8.57. The van der Waals surface area contributed by atoms with Crippen molar-refractivity contribution in [3.05, 3.63) is 88.6 Å². The molecule has 1 fully saturated rings. The molecule has 9 heteroatoms. The average molecular weight is 482 g/mol. The topological polar surface area (TPSA) is 107 Å². The van der Waals surface area contributed by atoms with Crippen molar-refractivity contribution in [2.45, 2.75) is 6.54 Å². The van der Waals surface area contributed by atoms with Crippen LogP contribution in [0.25, 0.3) is 0 Å². The minimum atomic E-state index is -0.343. The predicted molar refractivity (Wildman–Crippen MR) is 131 cm³/mol. The number of carbonyl (C=O) groups excluding carboxylic acids is 3. The summed E-state index contributed by atoms with van der Waals surface area (Å²) in [5.74, 6) is 0.266. The van der Waals surface area contributed by atoms with Crippen molar-refractivity contribution in [2.24, 2.45) is 0 Å². The number of methoxy groups -OCH3 is 1. The number of pyridine rings is 1. The fourth-order valence-electron chi connectivity index (χ4n) is 4.56. The molecule has 1 saturated heterocycles. The number of carbonyl (C=O) groups is 3. The third-order valence-corrected chi connectivity index (χ3v) is 6.48. The number of nitrogens with zero attached hydrogens (tertiary/aromatic N) is 5. The molecule has 0 N–H and O–H groups in total. The maximum atomic E-state index is 13.4. The number of rotatable bonds is 5. The van der Waals surface area contributed by atoms with Crippen LogP contribution in [0, 0.1) is 11.3 Å². The number of ether oxygens (including phenoxy) is 1. The summed E-state index contributed by atoms with van der Waals surface area (Å²) >= 11 is 0. The van der Waals surface area contributed by atoms with Gasteiger partial charge in [0.05, 0.1) is 42.0 Å². The standard InChI is InChI=1S/C27H23N5O4/c1-36-23-7-6-19(17-32-26(34)20-4-2-3-5-21(20)27(32)35)14-22(23)25(33)31-12-10-30(11-13-31)24-15-18(16-28)8-9-29-24/h2-9,14-15H,10-13,17H2,1H3. The van der Waals surface area contributed by atoms with Gasteiger partial charge in [0.1, 0.15) is 11.6 Å². The number of aromatic nitrogens is 1. The molecule has 9 nitrogen and oxygen atoms in total. The van der Waals surface area contributed by atoms with Crippen LogP contribution in [0.15, 0.2) is 60.8 Å². The smallest absolute Gasteiger partial charge is 0.261 e. The first kappa shape index (κ1) is 23.1. The number of amides is 3. The highest BCUT2D eigenvalue weighted by Crippen LogP contribution is 2.27. The second kappa shape index (κ2) is 9.50. The molecule has 5 rings (SSSR count). The number of benzene rings is 2. The first-order valence-corrected chi connectivity index (χ1v) is 11.5. The molecule has 0 saturated carbocycles. The molecule has 2 aromatic carbocycles. The molecule has 3 aromatic rings. The number of piperazine rings is 1. The molecular formula is C27H23N5O4. The van der Waals surface area contributed by atoms with Crippen molar-refractivity contribution in [3.63, 3.8) is 0 Å². The summed E-state index contributed by atoms with van der Waals surface area (Å²) in [6.07, 6.45) is 1.61. The SMILES string of the molecule is COc1ccc(CN2C(=O)c3ccccc3C2=O)cc1C(=O)N1CCN(c2cc(C#N)ccn2)CC1. The highest BCUT2D eigenvalue weighted by Gasteiger charge is 2.35. The van der Waals surface area contributed by atoms with Crippen molar-refractivity contribution in [2.75, 3.05) is 38.2 Å². The summed E-state index contributed by atoms with van der Waals surface area (Å²) in [5, 5.41) is 9.14. The van der Waals surface area contributed by atoms with Gasteiger partial charge in [0.2, 0.25) is 0 Å². The van der Waals surface area contributed by atoms with Crippen LogP contribution < -0.4 is 9.64 Å². The second-order valence-corrected chi connectivity index (χ2v) is 8.57. The molecular weight excluding hydrogens is 458 g/mol. The molecule has 0 aliphatic carbocycles. The summed E-state index contributed by atoms with van der Waals surface area (Å²) in [6, 6.07) is 17.4. The lowest BCUT2D eigenvalue weighted by Gasteiger charge is -2.35. The summed E-state index contributed by atoms with van der Waals surface area (Å²) in [6.45, 7) is 2.16.